The first kappa shape index (κ1) is 20.3. The Morgan fingerprint density at radius 1 is 1.24 bits per heavy atom. The van der Waals surface area contributed by atoms with Crippen LogP contribution >= 0.6 is 0 Å². The maximum Gasteiger partial charge on any atom is 0.269 e. The van der Waals surface area contributed by atoms with E-state index in [1.807, 2.05) is 4.90 Å². The van der Waals surface area contributed by atoms with Crippen LogP contribution in [0.25, 0.3) is 0 Å². The van der Waals surface area contributed by atoms with E-state index in [1.54, 1.807) is 12.1 Å². The molecule has 0 saturated carbocycles. The van der Waals surface area contributed by atoms with Gasteiger partial charge in [0.1, 0.15) is 5.56 Å². The monoisotopic (exact) mass is 402 g/mol. The number of anilines is 2. The Kier molecular flexibility index (Phi) is 6.39. The quantitative estimate of drug-likeness (QED) is 0.386. The molecule has 154 valence electrons. The molecule has 1 aliphatic heterocycles. The van der Waals surface area contributed by atoms with Crippen molar-refractivity contribution in [1.29, 1.82) is 0 Å². The van der Waals surface area contributed by atoms with Gasteiger partial charge in [0, 0.05) is 63.9 Å². The van der Waals surface area contributed by atoms with Gasteiger partial charge in [0.2, 0.25) is 5.95 Å². The molecule has 2 heterocycles. The van der Waals surface area contributed by atoms with E-state index in [9.17, 15) is 19.7 Å². The van der Waals surface area contributed by atoms with Crippen LogP contribution in [0.15, 0.2) is 35.3 Å². The van der Waals surface area contributed by atoms with Gasteiger partial charge in [0.25, 0.3) is 17.2 Å². The minimum Gasteiger partial charge on any atom is -0.383 e. The van der Waals surface area contributed by atoms with Crippen molar-refractivity contribution in [2.45, 2.75) is 0 Å². The van der Waals surface area contributed by atoms with Crippen molar-refractivity contribution in [2.75, 3.05) is 56.2 Å². The zero-order valence-corrected chi connectivity index (χ0v) is 16.0. The minimum absolute atomic E-state index is 0.0469. The number of nitrogens with one attached hydrogen (secondary N) is 2. The highest BCUT2D eigenvalue weighted by molar-refractivity contribution is 5.93. The predicted molar refractivity (Wildman–Crippen MR) is 107 cm³/mol. The Hall–Kier alpha value is -3.47. The number of nitro groups is 1. The molecule has 11 heteroatoms. The molecule has 2 N–H and O–H groups in total. The molecule has 0 atom stereocenters. The molecule has 3 rings (SSSR count). The van der Waals surface area contributed by atoms with Gasteiger partial charge in [-0.1, -0.05) is 0 Å². The molecule has 1 aromatic heterocycles. The Balaban J connectivity index is 1.60. The highest BCUT2D eigenvalue weighted by Gasteiger charge is 2.21. The predicted octanol–water partition coefficient (Wildman–Crippen LogP) is 0.381. The first-order valence-corrected chi connectivity index (χ1v) is 9.10. The van der Waals surface area contributed by atoms with E-state index in [2.05, 4.69) is 20.2 Å². The fourth-order valence-electron chi connectivity index (χ4n) is 3.03. The first-order chi connectivity index (χ1) is 14.0. The standard InChI is InChI=1S/C18H22N6O5/c1-29-11-6-19-16(25)15-12-20-18(21-17(15)26)23-9-7-22(8-10-23)13-2-4-14(5-3-13)24(27)28/h2-5,12H,6-11H2,1H3,(H,19,25)(H,20,21,26). The Bertz CT molecular complexity index is 921. The number of H-pyrrole nitrogens is 1. The van der Waals surface area contributed by atoms with Crippen LogP contribution in [0.1, 0.15) is 10.4 Å². The highest BCUT2D eigenvalue weighted by Crippen LogP contribution is 2.21. The van der Waals surface area contributed by atoms with Crippen LogP contribution in [-0.4, -0.2) is 67.2 Å². The highest BCUT2D eigenvalue weighted by atomic mass is 16.6. The van der Waals surface area contributed by atoms with Gasteiger partial charge in [-0.15, -0.1) is 0 Å². The number of rotatable bonds is 7. The summed E-state index contributed by atoms with van der Waals surface area (Å²) in [6, 6.07) is 6.42. The number of nitrogens with zero attached hydrogens (tertiary/aromatic N) is 4. The van der Waals surface area contributed by atoms with E-state index in [4.69, 9.17) is 4.74 Å². The van der Waals surface area contributed by atoms with Crippen LogP contribution < -0.4 is 20.7 Å². The second-order valence-corrected chi connectivity index (χ2v) is 6.45. The Morgan fingerprint density at radius 3 is 2.48 bits per heavy atom. The van der Waals surface area contributed by atoms with Crippen molar-refractivity contribution in [1.82, 2.24) is 15.3 Å². The largest absolute Gasteiger partial charge is 0.383 e. The molecular weight excluding hydrogens is 380 g/mol. The van der Waals surface area contributed by atoms with Crippen LogP contribution in [0.2, 0.25) is 0 Å². The van der Waals surface area contributed by atoms with E-state index in [0.29, 0.717) is 45.3 Å². The van der Waals surface area contributed by atoms with Crippen molar-refractivity contribution >= 4 is 23.2 Å². The molecular formula is C18H22N6O5. The average molecular weight is 402 g/mol. The summed E-state index contributed by atoms with van der Waals surface area (Å²) in [7, 11) is 1.52. The summed E-state index contributed by atoms with van der Waals surface area (Å²) in [6.07, 6.45) is 1.28. The number of non-ortho nitro benzene ring substituents is 1. The van der Waals surface area contributed by atoms with Crippen LogP contribution in [0.3, 0.4) is 0 Å². The Morgan fingerprint density at radius 2 is 1.90 bits per heavy atom. The molecule has 0 radical (unpaired) electrons. The summed E-state index contributed by atoms with van der Waals surface area (Å²) in [5.74, 6) is -0.0860. The van der Waals surface area contributed by atoms with Crippen molar-refractivity contribution in [3.05, 3.63) is 56.5 Å². The molecule has 0 spiro atoms. The van der Waals surface area contributed by atoms with E-state index in [1.165, 1.54) is 25.4 Å². The summed E-state index contributed by atoms with van der Waals surface area (Å²) in [5.41, 5.74) is 0.414. The SMILES string of the molecule is COCCNC(=O)c1cnc(N2CCN(c3ccc([N+](=O)[O-])cc3)CC2)[nH]c1=O. The number of hydrogen-bond acceptors (Lipinski definition) is 8. The zero-order chi connectivity index (χ0) is 20.8. The molecule has 1 aromatic carbocycles. The van der Waals surface area contributed by atoms with Gasteiger partial charge in [-0.3, -0.25) is 24.7 Å². The fourth-order valence-corrected chi connectivity index (χ4v) is 3.03. The molecule has 1 fully saturated rings. The summed E-state index contributed by atoms with van der Waals surface area (Å²) in [6.45, 7) is 3.22. The van der Waals surface area contributed by atoms with Crippen molar-refractivity contribution in [3.63, 3.8) is 0 Å². The third-order valence-electron chi connectivity index (χ3n) is 4.63. The smallest absolute Gasteiger partial charge is 0.269 e. The molecule has 0 bridgehead atoms. The fraction of sp³-hybridized carbons (Fsp3) is 0.389. The number of hydrogen-bond donors (Lipinski definition) is 2. The van der Waals surface area contributed by atoms with Crippen molar-refractivity contribution in [2.24, 2.45) is 0 Å². The lowest BCUT2D eigenvalue weighted by Crippen LogP contribution is -2.47. The second-order valence-electron chi connectivity index (χ2n) is 6.45. The van der Waals surface area contributed by atoms with E-state index in [0.717, 1.165) is 5.69 Å². The lowest BCUT2D eigenvalue weighted by Gasteiger charge is -2.36. The average Bonchev–Trinajstić information content (AvgIpc) is 2.74. The molecule has 0 aliphatic carbocycles. The van der Waals surface area contributed by atoms with E-state index in [-0.39, 0.29) is 11.3 Å². The number of amides is 1. The van der Waals surface area contributed by atoms with Crippen LogP contribution in [0.4, 0.5) is 17.3 Å². The van der Waals surface area contributed by atoms with Gasteiger partial charge in [-0.05, 0) is 12.1 Å². The summed E-state index contributed by atoms with van der Waals surface area (Å²) in [4.78, 5) is 45.5. The second kappa shape index (κ2) is 9.15. The van der Waals surface area contributed by atoms with Gasteiger partial charge < -0.3 is 19.9 Å². The van der Waals surface area contributed by atoms with E-state index < -0.39 is 16.4 Å². The maximum absolute atomic E-state index is 12.2. The van der Waals surface area contributed by atoms with Gasteiger partial charge in [0.05, 0.1) is 11.5 Å². The Labute approximate surface area is 166 Å². The lowest BCUT2D eigenvalue weighted by molar-refractivity contribution is -0.384. The molecule has 11 nitrogen and oxygen atoms in total. The topological polar surface area (TPSA) is 134 Å². The molecule has 1 aliphatic rings. The van der Waals surface area contributed by atoms with Gasteiger partial charge in [-0.2, -0.15) is 0 Å². The van der Waals surface area contributed by atoms with Gasteiger partial charge in [0.15, 0.2) is 0 Å². The number of benzene rings is 1. The summed E-state index contributed by atoms with van der Waals surface area (Å²) >= 11 is 0. The van der Waals surface area contributed by atoms with Crippen molar-refractivity contribution in [3.8, 4) is 0 Å². The number of piperazine rings is 1. The van der Waals surface area contributed by atoms with Crippen LogP contribution in [0.5, 0.6) is 0 Å². The zero-order valence-electron chi connectivity index (χ0n) is 16.0. The summed E-state index contributed by atoms with van der Waals surface area (Å²) in [5, 5.41) is 13.4. The molecule has 29 heavy (non-hydrogen) atoms. The van der Waals surface area contributed by atoms with E-state index >= 15 is 0 Å². The molecule has 2 aromatic rings. The van der Waals surface area contributed by atoms with Gasteiger partial charge >= 0.3 is 0 Å². The number of aromatic amines is 1. The lowest BCUT2D eigenvalue weighted by atomic mass is 10.2. The molecule has 0 unspecified atom stereocenters. The van der Waals surface area contributed by atoms with Gasteiger partial charge in [-0.25, -0.2) is 4.98 Å². The minimum atomic E-state index is -0.497. The first-order valence-electron chi connectivity index (χ1n) is 9.10. The third kappa shape index (κ3) is 4.88. The molecule has 1 saturated heterocycles. The molecule has 1 amide bonds. The number of nitro benzene ring substituents is 1. The third-order valence-corrected chi connectivity index (χ3v) is 4.63. The van der Waals surface area contributed by atoms with Crippen LogP contribution in [0, 0.1) is 10.1 Å². The summed E-state index contributed by atoms with van der Waals surface area (Å²) < 4.78 is 4.86. The number of ether oxygens (including phenoxy) is 1. The number of methoxy groups -OCH3 is 1. The van der Waals surface area contributed by atoms with Crippen LogP contribution in [-0.2, 0) is 4.74 Å². The van der Waals surface area contributed by atoms with Crippen molar-refractivity contribution < 1.29 is 14.5 Å². The number of carbonyl (C=O) groups is 1. The number of aromatic nitrogens is 2. The normalized spacial score (nSPS) is 14.0. The number of carbonyl (C=O) groups excluding carboxylic acids is 1. The maximum atomic E-state index is 12.2.